The van der Waals surface area contributed by atoms with Crippen LogP contribution in [0.5, 0.6) is 5.75 Å². The summed E-state index contributed by atoms with van der Waals surface area (Å²) in [5, 5.41) is 20.3. The van der Waals surface area contributed by atoms with Crippen molar-refractivity contribution in [1.82, 2.24) is 0 Å². The molecular weight excluding hydrogens is 332 g/mol. The van der Waals surface area contributed by atoms with Gasteiger partial charge in [-0.2, -0.15) is 5.11 Å². The van der Waals surface area contributed by atoms with Crippen molar-refractivity contribution in [2.24, 2.45) is 10.2 Å². The number of benzene rings is 4. The van der Waals surface area contributed by atoms with Crippen LogP contribution in [-0.2, 0) is 0 Å². The number of azo groups is 1. The number of fused-ring (bicyclic) bond motifs is 1. The highest BCUT2D eigenvalue weighted by atomic mass is 16.3. The van der Waals surface area contributed by atoms with Gasteiger partial charge < -0.3 is 5.11 Å². The van der Waals surface area contributed by atoms with Gasteiger partial charge in [-0.05, 0) is 35.4 Å². The monoisotopic (exact) mass is 350 g/mol. The molecule has 4 aromatic carbocycles. The van der Waals surface area contributed by atoms with E-state index in [4.69, 9.17) is 0 Å². The highest BCUT2D eigenvalue weighted by Crippen LogP contribution is 2.33. The SMILES string of the molecule is Oc1ccc(N=Nc2ccc(/C=C/c3ccccc3)cc2)c2ccccc12. The molecule has 4 rings (SSSR count). The standard InChI is InChI=1S/C24H18N2O/c27-24-17-16-23(21-8-4-5-9-22(21)24)26-25-20-14-12-19(13-15-20)11-10-18-6-2-1-3-7-18/h1-17,27H/b11-10+,26-25?. The third kappa shape index (κ3) is 3.93. The van der Waals surface area contributed by atoms with Gasteiger partial charge in [-0.1, -0.05) is 78.9 Å². The van der Waals surface area contributed by atoms with Crippen LogP contribution in [0, 0.1) is 0 Å². The first kappa shape index (κ1) is 16.7. The molecule has 0 aliphatic heterocycles. The Hall–Kier alpha value is -3.72. The van der Waals surface area contributed by atoms with E-state index in [-0.39, 0.29) is 5.75 Å². The molecule has 1 N–H and O–H groups in total. The van der Waals surface area contributed by atoms with Crippen LogP contribution in [0.4, 0.5) is 11.4 Å². The third-order valence-electron chi connectivity index (χ3n) is 4.31. The Bertz CT molecular complexity index is 1110. The Labute approximate surface area is 158 Å². The fraction of sp³-hybridized carbons (Fsp3) is 0. The first-order valence-corrected chi connectivity index (χ1v) is 8.75. The molecule has 27 heavy (non-hydrogen) atoms. The van der Waals surface area contributed by atoms with E-state index in [0.29, 0.717) is 0 Å². The maximum absolute atomic E-state index is 9.97. The molecule has 0 aliphatic rings. The van der Waals surface area contributed by atoms with Crippen molar-refractivity contribution in [1.29, 1.82) is 0 Å². The molecule has 0 spiro atoms. The second-order valence-corrected chi connectivity index (χ2v) is 6.18. The molecule has 0 aliphatic carbocycles. The summed E-state index contributed by atoms with van der Waals surface area (Å²) in [4.78, 5) is 0. The van der Waals surface area contributed by atoms with E-state index in [9.17, 15) is 5.11 Å². The number of aromatic hydroxyl groups is 1. The van der Waals surface area contributed by atoms with E-state index in [0.717, 1.165) is 27.7 Å². The molecule has 130 valence electrons. The lowest BCUT2D eigenvalue weighted by atomic mass is 10.1. The van der Waals surface area contributed by atoms with Crippen LogP contribution in [0.2, 0.25) is 0 Å². The maximum Gasteiger partial charge on any atom is 0.123 e. The maximum atomic E-state index is 9.97. The Morgan fingerprint density at radius 2 is 1.19 bits per heavy atom. The minimum Gasteiger partial charge on any atom is -0.507 e. The van der Waals surface area contributed by atoms with Crippen LogP contribution in [0.1, 0.15) is 11.1 Å². The fourth-order valence-corrected chi connectivity index (χ4v) is 2.87. The predicted octanol–water partition coefficient (Wildman–Crippen LogP) is 7.13. The van der Waals surface area contributed by atoms with Crippen molar-refractivity contribution in [3.8, 4) is 5.75 Å². The summed E-state index contributed by atoms with van der Waals surface area (Å²) in [7, 11) is 0. The second-order valence-electron chi connectivity index (χ2n) is 6.18. The molecule has 0 aromatic heterocycles. The van der Waals surface area contributed by atoms with E-state index in [2.05, 4.69) is 34.5 Å². The van der Waals surface area contributed by atoms with Crippen molar-refractivity contribution in [2.75, 3.05) is 0 Å². The van der Waals surface area contributed by atoms with Gasteiger partial charge in [0.1, 0.15) is 5.75 Å². The zero-order chi connectivity index (χ0) is 18.5. The Morgan fingerprint density at radius 1 is 0.556 bits per heavy atom. The first-order valence-electron chi connectivity index (χ1n) is 8.75. The average Bonchev–Trinajstić information content (AvgIpc) is 2.73. The zero-order valence-electron chi connectivity index (χ0n) is 14.7. The van der Waals surface area contributed by atoms with Gasteiger partial charge in [0, 0.05) is 10.8 Å². The predicted molar refractivity (Wildman–Crippen MR) is 112 cm³/mol. The summed E-state index contributed by atoms with van der Waals surface area (Å²) in [5.74, 6) is 0.249. The topological polar surface area (TPSA) is 45.0 Å². The number of rotatable bonds is 4. The van der Waals surface area contributed by atoms with Crippen LogP contribution in [0.15, 0.2) is 101 Å². The molecule has 0 fully saturated rings. The lowest BCUT2D eigenvalue weighted by Crippen LogP contribution is -1.75. The summed E-state index contributed by atoms with van der Waals surface area (Å²) in [6, 6.07) is 29.2. The second kappa shape index (κ2) is 7.67. The molecule has 0 unspecified atom stereocenters. The Morgan fingerprint density at radius 3 is 1.93 bits per heavy atom. The van der Waals surface area contributed by atoms with Crippen LogP contribution in [-0.4, -0.2) is 5.11 Å². The third-order valence-corrected chi connectivity index (χ3v) is 4.31. The minimum absolute atomic E-state index is 0.249. The normalized spacial score (nSPS) is 11.6. The van der Waals surface area contributed by atoms with Gasteiger partial charge in [0.05, 0.1) is 11.4 Å². The highest BCUT2D eigenvalue weighted by Gasteiger charge is 2.03. The van der Waals surface area contributed by atoms with Gasteiger partial charge in [-0.15, -0.1) is 5.11 Å². The van der Waals surface area contributed by atoms with Crippen LogP contribution in [0.25, 0.3) is 22.9 Å². The lowest BCUT2D eigenvalue weighted by molar-refractivity contribution is 0.481. The van der Waals surface area contributed by atoms with Crippen molar-refractivity contribution in [3.05, 3.63) is 102 Å². The smallest absolute Gasteiger partial charge is 0.123 e. The molecule has 3 heteroatoms. The quantitative estimate of drug-likeness (QED) is 0.309. The minimum atomic E-state index is 0.249. The number of nitrogens with zero attached hydrogens (tertiary/aromatic N) is 2. The van der Waals surface area contributed by atoms with Gasteiger partial charge in [0.25, 0.3) is 0 Å². The van der Waals surface area contributed by atoms with Gasteiger partial charge >= 0.3 is 0 Å². The molecule has 0 bridgehead atoms. The molecule has 0 saturated heterocycles. The molecule has 0 saturated carbocycles. The van der Waals surface area contributed by atoms with Gasteiger partial charge in [-0.25, -0.2) is 0 Å². The summed E-state index contributed by atoms with van der Waals surface area (Å²) >= 11 is 0. The summed E-state index contributed by atoms with van der Waals surface area (Å²) in [5.41, 5.74) is 3.79. The fourth-order valence-electron chi connectivity index (χ4n) is 2.87. The molecule has 0 amide bonds. The van der Waals surface area contributed by atoms with Crippen molar-refractivity contribution in [3.63, 3.8) is 0 Å². The molecule has 0 atom stereocenters. The van der Waals surface area contributed by atoms with Crippen molar-refractivity contribution >= 4 is 34.3 Å². The zero-order valence-corrected chi connectivity index (χ0v) is 14.7. The average molecular weight is 350 g/mol. The van der Waals surface area contributed by atoms with Crippen LogP contribution in [0.3, 0.4) is 0 Å². The summed E-state index contributed by atoms with van der Waals surface area (Å²) in [6.45, 7) is 0. The summed E-state index contributed by atoms with van der Waals surface area (Å²) in [6.07, 6.45) is 4.16. The molecular formula is C24H18N2O. The van der Waals surface area contributed by atoms with Crippen LogP contribution < -0.4 is 0 Å². The highest BCUT2D eigenvalue weighted by molar-refractivity contribution is 5.96. The largest absolute Gasteiger partial charge is 0.507 e. The molecule has 3 nitrogen and oxygen atoms in total. The Balaban J connectivity index is 1.54. The Kier molecular flexibility index (Phi) is 4.75. The van der Waals surface area contributed by atoms with Crippen molar-refractivity contribution in [2.45, 2.75) is 0 Å². The molecule has 0 heterocycles. The van der Waals surface area contributed by atoms with Gasteiger partial charge in [0.15, 0.2) is 0 Å². The number of hydrogen-bond acceptors (Lipinski definition) is 3. The molecule has 4 aromatic rings. The number of phenols is 1. The van der Waals surface area contributed by atoms with Gasteiger partial charge in [-0.3, -0.25) is 0 Å². The number of hydrogen-bond donors (Lipinski definition) is 1. The van der Waals surface area contributed by atoms with E-state index >= 15 is 0 Å². The van der Waals surface area contributed by atoms with E-state index in [1.807, 2.05) is 66.7 Å². The lowest BCUT2D eigenvalue weighted by Gasteiger charge is -2.03. The summed E-state index contributed by atoms with van der Waals surface area (Å²) < 4.78 is 0. The number of phenolic OH excluding ortho intramolecular Hbond substituents is 1. The van der Waals surface area contributed by atoms with Crippen molar-refractivity contribution < 1.29 is 5.11 Å². The van der Waals surface area contributed by atoms with E-state index in [1.54, 1.807) is 12.1 Å². The van der Waals surface area contributed by atoms with Crippen LogP contribution >= 0.6 is 0 Å². The van der Waals surface area contributed by atoms with E-state index in [1.165, 1.54) is 5.56 Å². The van der Waals surface area contributed by atoms with E-state index < -0.39 is 0 Å². The first-order chi connectivity index (χ1) is 13.3. The molecule has 0 radical (unpaired) electrons. The van der Waals surface area contributed by atoms with Gasteiger partial charge in [0.2, 0.25) is 0 Å².